The highest BCUT2D eigenvalue weighted by Gasteiger charge is 2.63. The molecule has 6 rings (SSSR count). The van der Waals surface area contributed by atoms with Gasteiger partial charge in [0, 0.05) is 79.4 Å². The van der Waals surface area contributed by atoms with Crippen molar-refractivity contribution < 1.29 is 37.7 Å². The number of amidine groups is 1. The first kappa shape index (κ1) is 73.9. The summed E-state index contributed by atoms with van der Waals surface area (Å²) in [7, 11) is 3.96. The van der Waals surface area contributed by atoms with Crippen LogP contribution in [0.1, 0.15) is 198 Å². The molecule has 0 aromatic carbocycles. The number of pyridine rings is 1. The van der Waals surface area contributed by atoms with Crippen LogP contribution in [0.15, 0.2) is 90.3 Å². The predicted molar refractivity (Wildman–Crippen MR) is 335 cm³/mol. The Hall–Kier alpha value is -4.15. The van der Waals surface area contributed by atoms with Gasteiger partial charge in [-0.15, -0.1) is 34.9 Å². The lowest BCUT2D eigenvalue weighted by Crippen LogP contribution is -2.57. The lowest BCUT2D eigenvalue weighted by atomic mass is 9.40. The zero-order valence-electron chi connectivity index (χ0n) is 53.0. The topological polar surface area (TPSA) is 136 Å². The van der Waals surface area contributed by atoms with Crippen LogP contribution in [0.25, 0.3) is 5.70 Å². The molecular weight excluding hydrogens is 1030 g/mol. The van der Waals surface area contributed by atoms with Crippen LogP contribution >= 0.6 is 8.58 Å². The van der Waals surface area contributed by atoms with Gasteiger partial charge >= 0.3 is 6.36 Å². The van der Waals surface area contributed by atoms with Crippen molar-refractivity contribution in [3.8, 4) is 0 Å². The van der Waals surface area contributed by atoms with Gasteiger partial charge in [-0.25, -0.2) is 0 Å². The monoisotopic (exact) mass is 1140 g/mol. The molecular formula is C67H110F3N4O5P. The second-order valence-electron chi connectivity index (χ2n) is 25.5. The average Bonchev–Trinajstić information content (AvgIpc) is 4.20. The molecule has 0 spiro atoms. The second-order valence-corrected chi connectivity index (χ2v) is 26.7. The first-order valence-corrected chi connectivity index (χ1v) is 31.2. The van der Waals surface area contributed by atoms with Crippen molar-refractivity contribution in [2.45, 2.75) is 200 Å². The van der Waals surface area contributed by atoms with Gasteiger partial charge in [0.15, 0.2) is 0 Å². The molecule has 454 valence electrons. The molecule has 0 radical (unpaired) electrons. The number of nitrogens with zero attached hydrogens (tertiary/aromatic N) is 3. The van der Waals surface area contributed by atoms with E-state index in [9.17, 15) is 22.8 Å². The molecule has 4 saturated carbocycles. The average molecular weight is 1140 g/mol. The first-order valence-electron chi connectivity index (χ1n) is 29.5. The van der Waals surface area contributed by atoms with Gasteiger partial charge < -0.3 is 24.6 Å². The maximum absolute atomic E-state index is 11.1. The highest BCUT2D eigenvalue weighted by molar-refractivity contribution is 7.37. The molecule has 9 nitrogen and oxygen atoms in total. The number of Topliss-reactive ketones (excluding diaryl/α,β-unsaturated/α-hetero) is 1. The summed E-state index contributed by atoms with van der Waals surface area (Å²) in [5.41, 5.74) is 11.1. The fourth-order valence-electron chi connectivity index (χ4n) is 13.0. The first-order chi connectivity index (χ1) is 37.3. The molecule has 1 aromatic heterocycles. The highest BCUT2D eigenvalue weighted by Crippen LogP contribution is 2.72. The SMILES string of the molecule is C=C.C=C(O)C(C)(C)CC.C=C(c1ccc(C)nc1)N(CCPC)C(CC12CCC3C(CCC4C(C)(CCC(C)C)C(C)CCC34C)C1=C(C(C)C)C(=C1CC1)C2)=NC.C=CC(=N)OC(F)(F)F.CCC(=O)CC(C)(C)C=O.CO. The van der Waals surface area contributed by atoms with Gasteiger partial charge in [-0.2, -0.15) is 0 Å². The summed E-state index contributed by atoms with van der Waals surface area (Å²) >= 11 is 0. The number of nitrogens with one attached hydrogen (secondary N) is 1. The number of rotatable bonds is 18. The lowest BCUT2D eigenvalue weighted by Gasteiger charge is -2.65. The van der Waals surface area contributed by atoms with Gasteiger partial charge in [-0.1, -0.05) is 127 Å². The van der Waals surface area contributed by atoms with E-state index in [1.165, 1.54) is 76.5 Å². The molecule has 0 amide bonds. The lowest BCUT2D eigenvalue weighted by molar-refractivity contribution is -0.283. The number of hydrogen-bond acceptors (Lipinski definition) is 8. The van der Waals surface area contributed by atoms with Crippen molar-refractivity contribution in [1.29, 1.82) is 5.41 Å². The highest BCUT2D eigenvalue weighted by atomic mass is 31.1. The number of fused-ring (bicyclic) bond motifs is 5. The zero-order valence-corrected chi connectivity index (χ0v) is 54.0. The van der Waals surface area contributed by atoms with Gasteiger partial charge in [0.25, 0.3) is 0 Å². The number of carbonyl (C=O) groups excluding carboxylic acids is 2. The molecule has 1 aromatic rings. The molecule has 5 aliphatic rings. The van der Waals surface area contributed by atoms with Gasteiger partial charge in [-0.05, 0) is 166 Å². The van der Waals surface area contributed by atoms with E-state index in [0.717, 1.165) is 94.1 Å². The number of alkyl halides is 3. The van der Waals surface area contributed by atoms with Crippen LogP contribution in [-0.4, -0.2) is 83.8 Å². The minimum atomic E-state index is -4.77. The Balaban J connectivity index is 0.000000842. The van der Waals surface area contributed by atoms with E-state index in [1.807, 2.05) is 39.5 Å². The van der Waals surface area contributed by atoms with Crippen molar-refractivity contribution >= 4 is 38.1 Å². The van der Waals surface area contributed by atoms with Crippen molar-refractivity contribution in [3.63, 3.8) is 0 Å². The maximum Gasteiger partial charge on any atom is 0.574 e. The fourth-order valence-corrected chi connectivity index (χ4v) is 13.5. The van der Waals surface area contributed by atoms with E-state index < -0.39 is 17.7 Å². The number of aliphatic imine (C=N–C) groups is 1. The smallest absolute Gasteiger partial charge is 0.512 e. The molecule has 0 aliphatic heterocycles. The molecule has 8 unspecified atom stereocenters. The van der Waals surface area contributed by atoms with E-state index in [4.69, 9.17) is 27.2 Å². The van der Waals surface area contributed by atoms with Crippen LogP contribution in [0.3, 0.4) is 0 Å². The molecule has 4 fully saturated rings. The summed E-state index contributed by atoms with van der Waals surface area (Å²) in [6, 6.07) is 4.33. The van der Waals surface area contributed by atoms with Crippen molar-refractivity contribution in [2.75, 3.05) is 33.5 Å². The largest absolute Gasteiger partial charge is 0.574 e. The quantitative estimate of drug-likeness (QED) is 0.0333. The summed E-state index contributed by atoms with van der Waals surface area (Å²) in [4.78, 5) is 33.5. The van der Waals surface area contributed by atoms with Crippen molar-refractivity contribution in [1.82, 2.24) is 9.88 Å². The number of aromatic nitrogens is 1. The van der Waals surface area contributed by atoms with Gasteiger partial charge in [0.2, 0.25) is 5.90 Å². The van der Waals surface area contributed by atoms with Crippen LogP contribution < -0.4 is 0 Å². The van der Waals surface area contributed by atoms with E-state index >= 15 is 0 Å². The summed E-state index contributed by atoms with van der Waals surface area (Å²) in [5.74, 6) is 5.27. The second kappa shape index (κ2) is 32.6. The molecule has 0 bridgehead atoms. The number of halogens is 3. The van der Waals surface area contributed by atoms with Crippen molar-refractivity contribution in [2.24, 2.45) is 67.6 Å². The Labute approximate surface area is 486 Å². The maximum atomic E-state index is 11.1. The molecule has 5 aliphatic carbocycles. The van der Waals surface area contributed by atoms with Crippen LogP contribution in [0, 0.1) is 74.9 Å². The standard InChI is InChI=1S/C45H70N3P.C8H14O2.C7H14O.C4H4F3NO.C2H4.CH4O/c1-29(2)18-21-43(8)31(5)19-22-44(9)38-20-23-45(26-37(34-14-15-34)41(30(3)4)42(45)36(38)16-17-39(43)44)27-40(46-10)48(24-25-49-11)33(7)35-13-12-32(6)47-28-35;1-4-7(10)5-8(2,3)6-9;1-5-7(3,4)6(2)8;1-2-3(8)9-4(5,6)7;2*1-2/h12-13,28-31,36,38-39,49H,7,14-27H2,1-6,8-11H3;6H,4-5H2,1-3H3;8H,2,5H2,1,3-4H3;2,8H,1H2;1-2H2;2H,1H3. The number of carbonyl (C=O) groups is 2. The van der Waals surface area contributed by atoms with Gasteiger partial charge in [0.05, 0.1) is 5.76 Å². The Kier molecular flexibility index (Phi) is 30.1. The normalized spacial score (nSPS) is 25.0. The van der Waals surface area contributed by atoms with E-state index in [-0.39, 0.29) is 22.4 Å². The summed E-state index contributed by atoms with van der Waals surface area (Å²) < 4.78 is 36.3. The number of aryl methyl sites for hydroxylation is 1. The number of ether oxygens (including phenoxy) is 1. The Morgan fingerprint density at radius 2 is 1.64 bits per heavy atom. The van der Waals surface area contributed by atoms with E-state index in [0.29, 0.717) is 35.7 Å². The third-order valence-corrected chi connectivity index (χ3v) is 19.1. The number of aliphatic hydroxyl groups is 2. The third-order valence-electron chi connectivity index (χ3n) is 18.4. The molecule has 80 heavy (non-hydrogen) atoms. The third kappa shape index (κ3) is 20.0. The van der Waals surface area contributed by atoms with Crippen LogP contribution in [-0.2, 0) is 14.3 Å². The number of aldehydes is 1. The summed E-state index contributed by atoms with van der Waals surface area (Å²) in [5, 5.41) is 22.2. The van der Waals surface area contributed by atoms with E-state index in [2.05, 4.69) is 122 Å². The number of hydrogen-bond donors (Lipinski definition) is 3. The number of aliphatic hydroxyl groups excluding tert-OH is 2. The molecule has 3 N–H and O–H groups in total. The summed E-state index contributed by atoms with van der Waals surface area (Å²) in [6.07, 6.45) is 17.8. The van der Waals surface area contributed by atoms with Crippen LogP contribution in [0.5, 0.6) is 0 Å². The minimum Gasteiger partial charge on any atom is -0.512 e. The zero-order chi connectivity index (χ0) is 61.8. The van der Waals surface area contributed by atoms with Gasteiger partial charge in [-0.3, -0.25) is 20.2 Å². The van der Waals surface area contributed by atoms with E-state index in [1.54, 1.807) is 30.6 Å². The summed E-state index contributed by atoms with van der Waals surface area (Å²) in [6.45, 7) is 51.8. The minimum absolute atomic E-state index is 0.0972. The molecule has 13 heteroatoms. The van der Waals surface area contributed by atoms with Crippen molar-refractivity contribution in [3.05, 3.63) is 96.6 Å². The van der Waals surface area contributed by atoms with Gasteiger partial charge in [0.1, 0.15) is 17.9 Å². The molecule has 0 saturated heterocycles. The number of allylic oxidation sites excluding steroid dienone is 5. The Bertz CT molecular complexity index is 2290. The van der Waals surface area contributed by atoms with Crippen LogP contribution in [0.4, 0.5) is 13.2 Å². The van der Waals surface area contributed by atoms with Crippen LogP contribution in [0.2, 0.25) is 0 Å². The molecule has 1 heterocycles. The Morgan fingerprint density at radius 1 is 1.02 bits per heavy atom. The molecule has 8 atom stereocenters. The number of ketones is 1. The fraction of sp³-hybridized carbons (Fsp3) is 0.687. The Morgan fingerprint density at radius 3 is 2.06 bits per heavy atom. The predicted octanol–water partition coefficient (Wildman–Crippen LogP) is 18.3.